The number of nitrogens with zero attached hydrogens (tertiary/aromatic N) is 6. The van der Waals surface area contributed by atoms with Gasteiger partial charge in [-0.1, -0.05) is 19.8 Å². The molecule has 188 valence electrons. The molecule has 2 aromatic heterocycles. The zero-order valence-corrected chi connectivity index (χ0v) is 20.9. The molecule has 0 spiro atoms. The summed E-state index contributed by atoms with van der Waals surface area (Å²) >= 11 is 0. The molecule has 0 radical (unpaired) electrons. The Labute approximate surface area is 200 Å². The fraction of sp³-hybridized carbons (Fsp3) is 0.696. The van der Waals surface area contributed by atoms with Crippen molar-refractivity contribution in [2.75, 3.05) is 49.3 Å². The Hall–Kier alpha value is -2.95. The number of esters is 1. The Balaban J connectivity index is 2.07. The smallest absolute Gasteiger partial charge is 0.417 e. The predicted octanol–water partition coefficient (Wildman–Crippen LogP) is 3.16. The molecular formula is C23H36N6O5. The summed E-state index contributed by atoms with van der Waals surface area (Å²) in [6.45, 7) is 12.4. The quantitative estimate of drug-likeness (QED) is 0.398. The van der Waals surface area contributed by atoms with Crippen molar-refractivity contribution in [2.24, 2.45) is 0 Å². The molecule has 1 saturated heterocycles. The number of rotatable bonds is 9. The van der Waals surface area contributed by atoms with E-state index in [1.54, 1.807) is 17.8 Å². The zero-order valence-electron chi connectivity index (χ0n) is 20.9. The van der Waals surface area contributed by atoms with E-state index in [0.29, 0.717) is 49.8 Å². The number of imidazole rings is 1. The number of hydrogen-bond acceptors (Lipinski definition) is 9. The minimum absolute atomic E-state index is 0.0361. The monoisotopic (exact) mass is 476 g/mol. The van der Waals surface area contributed by atoms with Crippen LogP contribution < -0.4 is 9.80 Å². The Morgan fingerprint density at radius 3 is 2.53 bits per heavy atom. The number of hydrogen-bond donors (Lipinski definition) is 0. The Morgan fingerprint density at radius 1 is 1.15 bits per heavy atom. The molecule has 1 aliphatic heterocycles. The van der Waals surface area contributed by atoms with Gasteiger partial charge in [0.2, 0.25) is 5.95 Å². The van der Waals surface area contributed by atoms with E-state index >= 15 is 0 Å². The molecular weight excluding hydrogens is 440 g/mol. The minimum Gasteiger partial charge on any atom is -0.465 e. The van der Waals surface area contributed by atoms with Crippen molar-refractivity contribution in [3.05, 3.63) is 6.33 Å². The van der Waals surface area contributed by atoms with Gasteiger partial charge >= 0.3 is 12.1 Å². The van der Waals surface area contributed by atoms with Crippen LogP contribution >= 0.6 is 0 Å². The molecule has 0 unspecified atom stereocenters. The summed E-state index contributed by atoms with van der Waals surface area (Å²) in [5.41, 5.74) is 0.361. The van der Waals surface area contributed by atoms with Crippen molar-refractivity contribution in [3.63, 3.8) is 0 Å². The van der Waals surface area contributed by atoms with Crippen LogP contribution in [-0.4, -0.2) is 76.6 Å². The summed E-state index contributed by atoms with van der Waals surface area (Å²) in [5, 5.41) is 0. The van der Waals surface area contributed by atoms with E-state index in [4.69, 9.17) is 19.2 Å². The SMILES string of the molecule is CCCCCN(C(=O)OC(C)(C)C)c1nc(N2CCOCC2)c2ncn(CC(=O)OCC)c2n1. The fourth-order valence-electron chi connectivity index (χ4n) is 3.61. The molecule has 1 aliphatic rings. The summed E-state index contributed by atoms with van der Waals surface area (Å²) in [6, 6.07) is 0. The Morgan fingerprint density at radius 2 is 1.88 bits per heavy atom. The lowest BCUT2D eigenvalue weighted by Crippen LogP contribution is -2.40. The second-order valence-electron chi connectivity index (χ2n) is 9.14. The van der Waals surface area contributed by atoms with Gasteiger partial charge in [-0.25, -0.2) is 14.7 Å². The highest BCUT2D eigenvalue weighted by Gasteiger charge is 2.28. The van der Waals surface area contributed by atoms with Gasteiger partial charge in [-0.15, -0.1) is 0 Å². The summed E-state index contributed by atoms with van der Waals surface area (Å²) in [6.07, 6.45) is 3.80. The van der Waals surface area contributed by atoms with Gasteiger partial charge in [0.25, 0.3) is 0 Å². The number of ether oxygens (including phenoxy) is 3. The van der Waals surface area contributed by atoms with Crippen molar-refractivity contribution in [1.82, 2.24) is 19.5 Å². The average molecular weight is 477 g/mol. The Kier molecular flexibility index (Phi) is 8.65. The number of carbonyl (C=O) groups excluding carboxylic acids is 2. The molecule has 1 fully saturated rings. The first-order valence-electron chi connectivity index (χ1n) is 11.9. The molecule has 0 aliphatic carbocycles. The van der Waals surface area contributed by atoms with Crippen LogP contribution in [0.2, 0.25) is 0 Å². The maximum absolute atomic E-state index is 13.2. The van der Waals surface area contributed by atoms with Gasteiger partial charge in [-0.2, -0.15) is 9.97 Å². The van der Waals surface area contributed by atoms with Crippen LogP contribution in [0.25, 0.3) is 11.2 Å². The highest BCUT2D eigenvalue weighted by atomic mass is 16.6. The molecule has 0 atom stereocenters. The Bertz CT molecular complexity index is 980. The third-order valence-electron chi connectivity index (χ3n) is 5.19. The topological polar surface area (TPSA) is 112 Å². The first-order chi connectivity index (χ1) is 16.2. The maximum Gasteiger partial charge on any atom is 0.417 e. The van der Waals surface area contributed by atoms with Crippen LogP contribution in [0.1, 0.15) is 53.9 Å². The van der Waals surface area contributed by atoms with Gasteiger partial charge in [-0.3, -0.25) is 4.79 Å². The zero-order chi connectivity index (χ0) is 24.7. The molecule has 34 heavy (non-hydrogen) atoms. The predicted molar refractivity (Wildman–Crippen MR) is 128 cm³/mol. The van der Waals surface area contributed by atoms with Crippen LogP contribution in [0.5, 0.6) is 0 Å². The van der Waals surface area contributed by atoms with Gasteiger partial charge in [-0.05, 0) is 34.1 Å². The highest BCUT2D eigenvalue weighted by molar-refractivity contribution is 5.90. The van der Waals surface area contributed by atoms with Gasteiger partial charge in [0.05, 0.1) is 26.1 Å². The highest BCUT2D eigenvalue weighted by Crippen LogP contribution is 2.27. The molecule has 3 rings (SSSR count). The van der Waals surface area contributed by atoms with Crippen molar-refractivity contribution in [1.29, 1.82) is 0 Å². The van der Waals surface area contributed by atoms with Crippen molar-refractivity contribution < 1.29 is 23.8 Å². The van der Waals surface area contributed by atoms with Gasteiger partial charge in [0.1, 0.15) is 12.1 Å². The molecule has 0 aromatic carbocycles. The van der Waals surface area contributed by atoms with E-state index in [1.165, 1.54) is 4.90 Å². The summed E-state index contributed by atoms with van der Waals surface area (Å²) < 4.78 is 17.9. The third-order valence-corrected chi connectivity index (χ3v) is 5.19. The fourth-order valence-corrected chi connectivity index (χ4v) is 3.61. The second-order valence-corrected chi connectivity index (χ2v) is 9.14. The normalized spacial score (nSPS) is 14.3. The average Bonchev–Trinajstić information content (AvgIpc) is 3.18. The van der Waals surface area contributed by atoms with E-state index < -0.39 is 11.7 Å². The molecule has 3 heterocycles. The van der Waals surface area contributed by atoms with Gasteiger partial charge < -0.3 is 23.7 Å². The van der Waals surface area contributed by atoms with Crippen LogP contribution in [0, 0.1) is 0 Å². The third kappa shape index (κ3) is 6.55. The summed E-state index contributed by atoms with van der Waals surface area (Å²) in [5.74, 6) is 0.446. The van der Waals surface area contributed by atoms with Crippen LogP contribution in [0.15, 0.2) is 6.33 Å². The number of carbonyl (C=O) groups is 2. The van der Waals surface area contributed by atoms with Crippen LogP contribution in [0.4, 0.5) is 16.6 Å². The van der Waals surface area contributed by atoms with E-state index in [2.05, 4.69) is 21.8 Å². The van der Waals surface area contributed by atoms with Gasteiger partial charge in [0, 0.05) is 19.6 Å². The summed E-state index contributed by atoms with van der Waals surface area (Å²) in [7, 11) is 0. The summed E-state index contributed by atoms with van der Waals surface area (Å²) in [4.78, 5) is 42.8. The van der Waals surface area contributed by atoms with Crippen molar-refractivity contribution in [3.8, 4) is 0 Å². The van der Waals surface area contributed by atoms with E-state index in [1.807, 2.05) is 20.8 Å². The molecule has 1 amide bonds. The lowest BCUT2D eigenvalue weighted by Gasteiger charge is -2.30. The largest absolute Gasteiger partial charge is 0.465 e. The molecule has 11 heteroatoms. The molecule has 11 nitrogen and oxygen atoms in total. The lowest BCUT2D eigenvalue weighted by molar-refractivity contribution is -0.143. The molecule has 0 saturated carbocycles. The number of amides is 1. The van der Waals surface area contributed by atoms with Crippen LogP contribution in [0.3, 0.4) is 0 Å². The van der Waals surface area contributed by atoms with E-state index in [0.717, 1.165) is 19.3 Å². The number of anilines is 2. The second kappa shape index (κ2) is 11.5. The molecule has 0 bridgehead atoms. The van der Waals surface area contributed by atoms with Crippen molar-refractivity contribution >= 4 is 35.0 Å². The minimum atomic E-state index is -0.664. The maximum atomic E-state index is 13.2. The first kappa shape index (κ1) is 25.7. The van der Waals surface area contributed by atoms with Crippen molar-refractivity contribution in [2.45, 2.75) is 66.0 Å². The number of morpholine rings is 1. The van der Waals surface area contributed by atoms with Gasteiger partial charge in [0.15, 0.2) is 17.0 Å². The number of fused-ring (bicyclic) bond motifs is 1. The van der Waals surface area contributed by atoms with E-state index in [9.17, 15) is 9.59 Å². The standard InChI is InChI=1S/C23H36N6O5/c1-6-8-9-10-29(22(31)34-23(3,4)5)21-25-19(27-11-13-32-14-12-27)18-20(26-21)28(16-24-18)15-17(30)33-7-2/h16H,6-15H2,1-5H3. The lowest BCUT2D eigenvalue weighted by atomic mass is 10.2. The van der Waals surface area contributed by atoms with Crippen LogP contribution in [-0.2, 0) is 25.5 Å². The number of aromatic nitrogens is 4. The molecule has 2 aromatic rings. The van der Waals surface area contributed by atoms with E-state index in [-0.39, 0.29) is 25.1 Å². The molecule has 0 N–H and O–H groups in total. The first-order valence-corrected chi connectivity index (χ1v) is 11.9. The number of unbranched alkanes of at least 4 members (excludes halogenated alkanes) is 2.